The fourth-order valence-corrected chi connectivity index (χ4v) is 4.73. The highest BCUT2D eigenvalue weighted by Crippen LogP contribution is 2.21. The maximum Gasteiger partial charge on any atom is 0.220 e. The molecule has 0 aromatic carbocycles. The van der Waals surface area contributed by atoms with Gasteiger partial charge in [0.05, 0.1) is 39.6 Å². The monoisotopic (exact) mass is 572 g/mol. The Labute approximate surface area is 246 Å². The second kappa shape index (κ2) is 30.7. The molecule has 0 saturated heterocycles. The van der Waals surface area contributed by atoms with Crippen LogP contribution < -0.4 is 10.6 Å². The van der Waals surface area contributed by atoms with E-state index in [4.69, 9.17) is 18.9 Å². The van der Waals surface area contributed by atoms with Crippen molar-refractivity contribution in [3.8, 4) is 0 Å². The van der Waals surface area contributed by atoms with E-state index in [9.17, 15) is 9.59 Å². The molecule has 2 amide bonds. The van der Waals surface area contributed by atoms with E-state index < -0.39 is 0 Å². The lowest BCUT2D eigenvalue weighted by atomic mass is 9.93. The largest absolute Gasteiger partial charge is 0.382 e. The van der Waals surface area contributed by atoms with E-state index in [2.05, 4.69) is 24.5 Å². The number of nitrogens with one attached hydrogen (secondary N) is 2. The molecule has 0 aliphatic heterocycles. The van der Waals surface area contributed by atoms with Crippen molar-refractivity contribution in [1.82, 2.24) is 10.6 Å². The molecule has 0 heterocycles. The molecule has 0 aliphatic rings. The number of amides is 2. The quantitative estimate of drug-likeness (QED) is 0.0981. The second-order valence-electron chi connectivity index (χ2n) is 11.3. The highest BCUT2D eigenvalue weighted by molar-refractivity contribution is 5.76. The van der Waals surface area contributed by atoms with E-state index in [-0.39, 0.29) is 11.8 Å². The van der Waals surface area contributed by atoms with E-state index in [1.165, 1.54) is 64.2 Å². The first kappa shape index (κ1) is 38.8. The van der Waals surface area contributed by atoms with Crippen LogP contribution >= 0.6 is 0 Å². The predicted molar refractivity (Wildman–Crippen MR) is 164 cm³/mol. The highest BCUT2D eigenvalue weighted by Gasteiger charge is 2.06. The van der Waals surface area contributed by atoms with Crippen LogP contribution in [-0.2, 0) is 28.5 Å². The zero-order valence-electron chi connectivity index (χ0n) is 26.6. The fourth-order valence-electron chi connectivity index (χ4n) is 4.73. The van der Waals surface area contributed by atoms with Crippen molar-refractivity contribution < 1.29 is 28.5 Å². The number of methoxy groups -OCH3 is 2. The maximum absolute atomic E-state index is 11.8. The third-order valence-electron chi connectivity index (χ3n) is 7.35. The van der Waals surface area contributed by atoms with Gasteiger partial charge >= 0.3 is 0 Å². The molecule has 0 aromatic rings. The molecule has 0 radical (unpaired) electrons. The van der Waals surface area contributed by atoms with Crippen molar-refractivity contribution in [1.29, 1.82) is 0 Å². The zero-order valence-corrected chi connectivity index (χ0v) is 26.6. The molecule has 0 rings (SSSR count). The summed E-state index contributed by atoms with van der Waals surface area (Å²) in [6, 6.07) is 0. The Morgan fingerprint density at radius 3 is 1.23 bits per heavy atom. The van der Waals surface area contributed by atoms with Crippen LogP contribution in [0.4, 0.5) is 0 Å². The van der Waals surface area contributed by atoms with Gasteiger partial charge in [0, 0.05) is 40.2 Å². The third-order valence-corrected chi connectivity index (χ3v) is 7.35. The molecule has 2 atom stereocenters. The molecule has 40 heavy (non-hydrogen) atoms. The van der Waals surface area contributed by atoms with Crippen LogP contribution in [0.1, 0.15) is 117 Å². The lowest BCUT2D eigenvalue weighted by Crippen LogP contribution is -2.27. The number of hydrogen-bond acceptors (Lipinski definition) is 6. The van der Waals surface area contributed by atoms with Gasteiger partial charge in [0.1, 0.15) is 0 Å². The Morgan fingerprint density at radius 1 is 0.500 bits per heavy atom. The Hall–Kier alpha value is -1.22. The van der Waals surface area contributed by atoms with Crippen molar-refractivity contribution in [2.45, 2.75) is 117 Å². The van der Waals surface area contributed by atoms with E-state index in [0.29, 0.717) is 65.6 Å². The van der Waals surface area contributed by atoms with Crippen molar-refractivity contribution in [3.05, 3.63) is 0 Å². The van der Waals surface area contributed by atoms with Crippen molar-refractivity contribution in [2.75, 3.05) is 67.0 Å². The molecular formula is C32H64N2O6. The lowest BCUT2D eigenvalue weighted by Gasteiger charge is -2.14. The minimum atomic E-state index is 0.134. The van der Waals surface area contributed by atoms with Gasteiger partial charge in [-0.2, -0.15) is 0 Å². The van der Waals surface area contributed by atoms with Crippen molar-refractivity contribution >= 4 is 11.8 Å². The first-order valence-electron chi connectivity index (χ1n) is 16.2. The summed E-state index contributed by atoms with van der Waals surface area (Å²) in [4.78, 5) is 23.7. The van der Waals surface area contributed by atoms with Gasteiger partial charge in [0.15, 0.2) is 0 Å². The minimum absolute atomic E-state index is 0.134. The molecule has 8 heteroatoms. The van der Waals surface area contributed by atoms with Crippen LogP contribution in [-0.4, -0.2) is 78.8 Å². The summed E-state index contributed by atoms with van der Waals surface area (Å²) < 4.78 is 20.5. The van der Waals surface area contributed by atoms with E-state index in [1.54, 1.807) is 14.2 Å². The van der Waals surface area contributed by atoms with E-state index in [1.807, 2.05) is 0 Å². The van der Waals surface area contributed by atoms with Gasteiger partial charge < -0.3 is 29.6 Å². The molecule has 0 bridgehead atoms. The summed E-state index contributed by atoms with van der Waals surface area (Å²) in [6.07, 6.45) is 18.4. The molecule has 2 N–H and O–H groups in total. The second-order valence-corrected chi connectivity index (χ2v) is 11.3. The average Bonchev–Trinajstić information content (AvgIpc) is 2.94. The van der Waals surface area contributed by atoms with E-state index in [0.717, 1.165) is 37.5 Å². The molecule has 0 spiro atoms. The summed E-state index contributed by atoms with van der Waals surface area (Å²) in [5.74, 6) is 1.87. The van der Waals surface area contributed by atoms with Gasteiger partial charge in [-0.05, 0) is 24.7 Å². The number of ether oxygens (including phenoxy) is 4. The van der Waals surface area contributed by atoms with Crippen LogP contribution in [0.15, 0.2) is 0 Å². The Kier molecular flexibility index (Phi) is 29.8. The molecule has 0 saturated carbocycles. The maximum atomic E-state index is 11.8. The van der Waals surface area contributed by atoms with Crippen LogP contribution in [0, 0.1) is 11.8 Å². The SMILES string of the molecule is COCCOCCNC(=O)CCCCCCC(C)CCCCC(C)CCCCCCC(=O)NCCOCCOC. The first-order chi connectivity index (χ1) is 19.5. The Balaban J connectivity index is 3.42. The Morgan fingerprint density at radius 2 is 0.850 bits per heavy atom. The highest BCUT2D eigenvalue weighted by atomic mass is 16.5. The fraction of sp³-hybridized carbons (Fsp3) is 0.938. The molecule has 0 aliphatic carbocycles. The zero-order chi connectivity index (χ0) is 29.5. The van der Waals surface area contributed by atoms with Gasteiger partial charge in [-0.25, -0.2) is 0 Å². The van der Waals surface area contributed by atoms with Gasteiger partial charge in [0.2, 0.25) is 11.8 Å². The molecule has 8 nitrogen and oxygen atoms in total. The summed E-state index contributed by atoms with van der Waals surface area (Å²) in [5.41, 5.74) is 0. The van der Waals surface area contributed by atoms with Gasteiger partial charge in [0.25, 0.3) is 0 Å². The van der Waals surface area contributed by atoms with Crippen LogP contribution in [0.3, 0.4) is 0 Å². The number of carbonyl (C=O) groups excluding carboxylic acids is 2. The molecular weight excluding hydrogens is 508 g/mol. The minimum Gasteiger partial charge on any atom is -0.382 e. The Bertz CT molecular complexity index is 516. The van der Waals surface area contributed by atoms with Gasteiger partial charge in [-0.3, -0.25) is 9.59 Å². The first-order valence-corrected chi connectivity index (χ1v) is 16.2. The van der Waals surface area contributed by atoms with Gasteiger partial charge in [-0.15, -0.1) is 0 Å². The van der Waals surface area contributed by atoms with Crippen LogP contribution in [0.2, 0.25) is 0 Å². The predicted octanol–water partition coefficient (Wildman–Crippen LogP) is 6.06. The lowest BCUT2D eigenvalue weighted by molar-refractivity contribution is -0.122. The smallest absolute Gasteiger partial charge is 0.220 e. The molecule has 0 fully saturated rings. The summed E-state index contributed by atoms with van der Waals surface area (Å²) in [7, 11) is 3.30. The standard InChI is InChI=1S/C32H64N2O6/c1-29(15-9-5-7-11-19-31(35)33-21-23-39-27-25-37-3)17-13-14-18-30(2)16-10-6-8-12-20-32(36)34-22-24-40-28-26-38-4/h29-30H,5-28H2,1-4H3,(H,33,35)(H,34,36). The third kappa shape index (κ3) is 29.8. The number of hydrogen-bond donors (Lipinski definition) is 2. The summed E-state index contributed by atoms with van der Waals surface area (Å²) in [6.45, 7) is 9.35. The summed E-state index contributed by atoms with van der Waals surface area (Å²) in [5, 5.41) is 5.83. The molecule has 0 aromatic heterocycles. The van der Waals surface area contributed by atoms with Crippen molar-refractivity contribution in [2.24, 2.45) is 11.8 Å². The van der Waals surface area contributed by atoms with Crippen LogP contribution in [0.25, 0.3) is 0 Å². The van der Waals surface area contributed by atoms with Crippen LogP contribution in [0.5, 0.6) is 0 Å². The molecule has 2 unspecified atom stereocenters. The number of rotatable bonds is 31. The number of unbranched alkanes of at least 4 members (excludes halogenated alkanes) is 7. The normalized spacial score (nSPS) is 12.8. The number of carbonyl (C=O) groups is 2. The molecule has 238 valence electrons. The topological polar surface area (TPSA) is 95.1 Å². The van der Waals surface area contributed by atoms with Gasteiger partial charge in [-0.1, -0.05) is 90.9 Å². The van der Waals surface area contributed by atoms with Crippen molar-refractivity contribution in [3.63, 3.8) is 0 Å². The van der Waals surface area contributed by atoms with E-state index >= 15 is 0 Å². The average molecular weight is 573 g/mol. The summed E-state index contributed by atoms with van der Waals surface area (Å²) >= 11 is 0.